The Bertz CT molecular complexity index is 976. The summed E-state index contributed by atoms with van der Waals surface area (Å²) in [6.07, 6.45) is 0. The van der Waals surface area contributed by atoms with Crippen molar-refractivity contribution in [3.8, 4) is 12.1 Å². The molecule has 25 heavy (non-hydrogen) atoms. The average molecular weight is 343 g/mol. The number of nitrogens with one attached hydrogen (secondary N) is 1. The third-order valence-corrected chi connectivity index (χ3v) is 4.45. The van der Waals surface area contributed by atoms with E-state index in [1.807, 2.05) is 72.8 Å². The fourth-order valence-electron chi connectivity index (χ4n) is 2.34. The van der Waals surface area contributed by atoms with Gasteiger partial charge in [0.25, 0.3) is 0 Å². The van der Waals surface area contributed by atoms with Gasteiger partial charge in [0.05, 0.1) is 4.88 Å². The number of nitrogens with zero attached hydrogens (tertiary/aromatic N) is 3. The zero-order valence-corrected chi connectivity index (χ0v) is 13.9. The van der Waals surface area contributed by atoms with Crippen molar-refractivity contribution in [1.29, 1.82) is 10.5 Å². The molecule has 0 atom stereocenters. The van der Waals surface area contributed by atoms with Gasteiger partial charge in [0.1, 0.15) is 23.5 Å². The van der Waals surface area contributed by atoms with E-state index in [-0.39, 0.29) is 11.4 Å². The van der Waals surface area contributed by atoms with E-state index in [4.69, 9.17) is 5.73 Å². The highest BCUT2D eigenvalue weighted by molar-refractivity contribution is 7.17. The van der Waals surface area contributed by atoms with Crippen LogP contribution in [0.5, 0.6) is 0 Å². The predicted molar refractivity (Wildman–Crippen MR) is 99.9 cm³/mol. The van der Waals surface area contributed by atoms with Gasteiger partial charge in [-0.25, -0.2) is 4.98 Å². The third-order valence-electron chi connectivity index (χ3n) is 3.44. The van der Waals surface area contributed by atoms with Gasteiger partial charge in [0.2, 0.25) is 0 Å². The number of anilines is 3. The number of allylic oxidation sites excluding steroid dienone is 1. The monoisotopic (exact) mass is 343 g/mol. The summed E-state index contributed by atoms with van der Waals surface area (Å²) >= 11 is 1.31. The van der Waals surface area contributed by atoms with E-state index in [1.165, 1.54) is 11.3 Å². The van der Waals surface area contributed by atoms with Crippen LogP contribution in [0.1, 0.15) is 10.4 Å². The SMILES string of the molecule is N#CC(C#N)=C(c1ccccc1)c1sc(Nc2ccccc2)nc1N. The highest BCUT2D eigenvalue weighted by Gasteiger charge is 2.19. The standard InChI is InChI=1S/C19H13N5S/c20-11-14(12-21)16(13-7-3-1-4-8-13)17-18(22)24-19(25-17)23-15-9-5-2-6-10-15/h1-10H,22H2,(H,23,24). The first-order valence-electron chi connectivity index (χ1n) is 7.41. The van der Waals surface area contributed by atoms with E-state index in [0.29, 0.717) is 15.6 Å². The number of nitrogens with two attached hydrogens (primary N) is 1. The number of nitrogen functional groups attached to an aromatic ring is 1. The van der Waals surface area contributed by atoms with Crippen LogP contribution in [0.2, 0.25) is 0 Å². The Morgan fingerprint density at radius 1 is 0.960 bits per heavy atom. The van der Waals surface area contributed by atoms with E-state index >= 15 is 0 Å². The lowest BCUT2D eigenvalue weighted by molar-refractivity contribution is 1.38. The third kappa shape index (κ3) is 3.50. The molecule has 120 valence electrons. The molecule has 0 radical (unpaired) electrons. The highest BCUT2D eigenvalue weighted by Crippen LogP contribution is 2.37. The molecule has 0 amide bonds. The van der Waals surface area contributed by atoms with Gasteiger partial charge in [-0.1, -0.05) is 59.9 Å². The number of thiazole rings is 1. The molecule has 3 aromatic rings. The summed E-state index contributed by atoms with van der Waals surface area (Å²) in [6.45, 7) is 0. The summed E-state index contributed by atoms with van der Waals surface area (Å²) in [5.74, 6) is 0.283. The topological polar surface area (TPSA) is 98.5 Å². The minimum absolute atomic E-state index is 0.00723. The number of aromatic nitrogens is 1. The fraction of sp³-hybridized carbons (Fsp3) is 0. The molecular weight excluding hydrogens is 330 g/mol. The molecule has 0 aliphatic carbocycles. The first kappa shape index (κ1) is 16.3. The van der Waals surface area contributed by atoms with Crippen LogP contribution < -0.4 is 11.1 Å². The van der Waals surface area contributed by atoms with E-state index in [0.717, 1.165) is 11.3 Å². The summed E-state index contributed by atoms with van der Waals surface area (Å²) in [5, 5.41) is 22.5. The van der Waals surface area contributed by atoms with E-state index in [1.54, 1.807) is 0 Å². The largest absolute Gasteiger partial charge is 0.382 e. The Kier molecular flexibility index (Phi) is 4.75. The van der Waals surface area contributed by atoms with Gasteiger partial charge >= 0.3 is 0 Å². The average Bonchev–Trinajstić information content (AvgIpc) is 3.00. The molecule has 2 aromatic carbocycles. The smallest absolute Gasteiger partial charge is 0.189 e. The van der Waals surface area contributed by atoms with Crippen molar-refractivity contribution in [2.45, 2.75) is 0 Å². The molecular formula is C19H13N5S. The fourth-order valence-corrected chi connectivity index (χ4v) is 3.32. The van der Waals surface area contributed by atoms with Crippen LogP contribution in [0.15, 0.2) is 66.2 Å². The molecule has 0 unspecified atom stereocenters. The lowest BCUT2D eigenvalue weighted by Crippen LogP contribution is -1.95. The van der Waals surface area contributed by atoms with Crippen molar-refractivity contribution in [2.24, 2.45) is 0 Å². The molecule has 0 fully saturated rings. The van der Waals surface area contributed by atoms with Gasteiger partial charge in [-0.2, -0.15) is 10.5 Å². The van der Waals surface area contributed by atoms with Crippen LogP contribution in [0, 0.1) is 22.7 Å². The molecule has 6 heteroatoms. The number of nitriles is 2. The van der Waals surface area contributed by atoms with Gasteiger partial charge in [-0.15, -0.1) is 0 Å². The Morgan fingerprint density at radius 2 is 1.56 bits per heavy atom. The first-order chi connectivity index (χ1) is 12.2. The van der Waals surface area contributed by atoms with Gasteiger partial charge in [0, 0.05) is 11.3 Å². The highest BCUT2D eigenvalue weighted by atomic mass is 32.1. The minimum atomic E-state index is 0.00723. The van der Waals surface area contributed by atoms with Crippen molar-refractivity contribution in [2.75, 3.05) is 11.1 Å². The predicted octanol–water partition coefficient (Wildman–Crippen LogP) is 4.32. The lowest BCUT2D eigenvalue weighted by Gasteiger charge is -2.06. The molecule has 1 aromatic heterocycles. The minimum Gasteiger partial charge on any atom is -0.382 e. The molecule has 0 saturated carbocycles. The van der Waals surface area contributed by atoms with Gasteiger partial charge < -0.3 is 11.1 Å². The molecule has 0 saturated heterocycles. The maximum atomic E-state index is 9.35. The lowest BCUT2D eigenvalue weighted by atomic mass is 9.99. The molecule has 5 nitrogen and oxygen atoms in total. The zero-order valence-electron chi connectivity index (χ0n) is 13.1. The second-order valence-corrected chi connectivity index (χ2v) is 6.06. The van der Waals surface area contributed by atoms with Crippen molar-refractivity contribution in [3.63, 3.8) is 0 Å². The number of para-hydroxylation sites is 1. The summed E-state index contributed by atoms with van der Waals surface area (Å²) < 4.78 is 0. The molecule has 1 heterocycles. The molecule has 0 aliphatic rings. The second kappa shape index (κ2) is 7.31. The second-order valence-electron chi connectivity index (χ2n) is 5.06. The van der Waals surface area contributed by atoms with E-state index in [9.17, 15) is 10.5 Å². The van der Waals surface area contributed by atoms with Crippen molar-refractivity contribution in [1.82, 2.24) is 4.98 Å². The van der Waals surface area contributed by atoms with Gasteiger partial charge in [-0.05, 0) is 17.7 Å². The Balaban J connectivity index is 2.08. The van der Waals surface area contributed by atoms with Crippen molar-refractivity contribution < 1.29 is 0 Å². The number of rotatable bonds is 4. The summed E-state index contributed by atoms with van der Waals surface area (Å²) in [4.78, 5) is 4.94. The molecule has 0 spiro atoms. The maximum absolute atomic E-state index is 9.35. The van der Waals surface area contributed by atoms with Crippen molar-refractivity contribution >= 4 is 33.5 Å². The van der Waals surface area contributed by atoms with Gasteiger partial charge in [0.15, 0.2) is 5.13 Å². The molecule has 0 aliphatic heterocycles. The van der Waals surface area contributed by atoms with E-state index in [2.05, 4.69) is 10.3 Å². The molecule has 0 bridgehead atoms. The normalized spacial score (nSPS) is 9.68. The van der Waals surface area contributed by atoms with Crippen LogP contribution in [0.25, 0.3) is 5.57 Å². The Hall–Kier alpha value is -3.61. The maximum Gasteiger partial charge on any atom is 0.189 e. The number of hydrogen-bond donors (Lipinski definition) is 2. The van der Waals surface area contributed by atoms with Crippen LogP contribution in [0.4, 0.5) is 16.6 Å². The van der Waals surface area contributed by atoms with Crippen LogP contribution in [-0.4, -0.2) is 4.98 Å². The van der Waals surface area contributed by atoms with E-state index < -0.39 is 0 Å². The summed E-state index contributed by atoms with van der Waals surface area (Å²) in [6, 6.07) is 22.8. The summed E-state index contributed by atoms with van der Waals surface area (Å²) in [5.41, 5.74) is 8.23. The zero-order chi connectivity index (χ0) is 17.6. The number of benzene rings is 2. The molecule has 3 N–H and O–H groups in total. The van der Waals surface area contributed by atoms with Crippen molar-refractivity contribution in [3.05, 3.63) is 76.7 Å². The van der Waals surface area contributed by atoms with Crippen LogP contribution >= 0.6 is 11.3 Å². The first-order valence-corrected chi connectivity index (χ1v) is 8.23. The Morgan fingerprint density at radius 3 is 2.16 bits per heavy atom. The number of hydrogen-bond acceptors (Lipinski definition) is 6. The quantitative estimate of drug-likeness (QED) is 0.687. The van der Waals surface area contributed by atoms with Crippen LogP contribution in [0.3, 0.4) is 0 Å². The van der Waals surface area contributed by atoms with Gasteiger partial charge in [-0.3, -0.25) is 0 Å². The Labute approximate surface area is 149 Å². The summed E-state index contributed by atoms with van der Waals surface area (Å²) in [7, 11) is 0. The van der Waals surface area contributed by atoms with Crippen LogP contribution in [-0.2, 0) is 0 Å². The molecule has 3 rings (SSSR count).